The number of rotatable bonds is 6. The third-order valence-corrected chi connectivity index (χ3v) is 5.15. The first-order valence-electron chi connectivity index (χ1n) is 6.97. The lowest BCUT2D eigenvalue weighted by atomic mass is 10.1. The van der Waals surface area contributed by atoms with Crippen molar-refractivity contribution in [1.82, 2.24) is 5.32 Å². The Morgan fingerprint density at radius 2 is 2.15 bits per heavy atom. The molecule has 0 aromatic heterocycles. The lowest BCUT2D eigenvalue weighted by Gasteiger charge is -2.21. The maximum absolute atomic E-state index is 6.20. The van der Waals surface area contributed by atoms with Crippen molar-refractivity contribution in [3.8, 4) is 11.5 Å². The number of thioether (sulfide) groups is 1. The molecule has 0 saturated carbocycles. The molecule has 0 amide bonds. The van der Waals surface area contributed by atoms with Crippen LogP contribution in [0.3, 0.4) is 0 Å². The predicted octanol–water partition coefficient (Wildman–Crippen LogP) is 3.73. The molecule has 3 nitrogen and oxygen atoms in total. The second-order valence-electron chi connectivity index (χ2n) is 4.93. The first-order chi connectivity index (χ1) is 9.74. The summed E-state index contributed by atoms with van der Waals surface area (Å²) in [4.78, 5) is 0. The molecule has 2 rings (SSSR count). The second-order valence-corrected chi connectivity index (χ2v) is 6.75. The second kappa shape index (κ2) is 8.01. The van der Waals surface area contributed by atoms with E-state index < -0.39 is 0 Å². The summed E-state index contributed by atoms with van der Waals surface area (Å²) in [5, 5.41) is 4.85. The smallest absolute Gasteiger partial charge is 0.179 e. The van der Waals surface area contributed by atoms with E-state index in [0.717, 1.165) is 23.9 Å². The van der Waals surface area contributed by atoms with E-state index in [9.17, 15) is 0 Å². The summed E-state index contributed by atoms with van der Waals surface area (Å²) in [6.45, 7) is 1.85. The number of halogens is 1. The average Bonchev–Trinajstić information content (AvgIpc) is 2.47. The number of benzene rings is 1. The number of ether oxygens (including phenoxy) is 2. The van der Waals surface area contributed by atoms with Crippen molar-refractivity contribution < 1.29 is 9.47 Å². The highest BCUT2D eigenvalue weighted by Crippen LogP contribution is 2.36. The Kier molecular flexibility index (Phi) is 6.33. The Morgan fingerprint density at radius 1 is 1.30 bits per heavy atom. The molecule has 1 aromatic rings. The van der Waals surface area contributed by atoms with Crippen molar-refractivity contribution >= 4 is 23.4 Å². The quantitative estimate of drug-likeness (QED) is 0.866. The fraction of sp³-hybridized carbons (Fsp3) is 0.600. The Labute approximate surface area is 130 Å². The summed E-state index contributed by atoms with van der Waals surface area (Å²) >= 11 is 8.29. The van der Waals surface area contributed by atoms with Crippen LogP contribution in [-0.4, -0.2) is 31.8 Å². The lowest BCUT2D eigenvalue weighted by molar-refractivity contribution is 0.354. The Bertz CT molecular complexity index is 436. The molecule has 5 heteroatoms. The summed E-state index contributed by atoms with van der Waals surface area (Å²) in [6, 6.07) is 3.91. The van der Waals surface area contributed by atoms with E-state index in [1.165, 1.54) is 25.0 Å². The van der Waals surface area contributed by atoms with Gasteiger partial charge in [0.25, 0.3) is 0 Å². The highest BCUT2D eigenvalue weighted by atomic mass is 35.5. The van der Waals surface area contributed by atoms with Gasteiger partial charge in [0.05, 0.1) is 19.2 Å². The summed E-state index contributed by atoms with van der Waals surface area (Å²) in [6.07, 6.45) is 4.05. The van der Waals surface area contributed by atoms with Crippen LogP contribution in [0.5, 0.6) is 11.5 Å². The van der Waals surface area contributed by atoms with Crippen LogP contribution in [0.25, 0.3) is 0 Å². The van der Waals surface area contributed by atoms with E-state index in [4.69, 9.17) is 21.1 Å². The van der Waals surface area contributed by atoms with Gasteiger partial charge in [-0.25, -0.2) is 0 Å². The van der Waals surface area contributed by atoms with E-state index in [1.807, 2.05) is 12.1 Å². The van der Waals surface area contributed by atoms with Crippen LogP contribution in [0.4, 0.5) is 0 Å². The van der Waals surface area contributed by atoms with Crippen molar-refractivity contribution in [3.05, 3.63) is 22.7 Å². The van der Waals surface area contributed by atoms with Gasteiger partial charge in [0.2, 0.25) is 0 Å². The monoisotopic (exact) mass is 315 g/mol. The molecule has 1 saturated heterocycles. The number of hydrogen-bond acceptors (Lipinski definition) is 4. The SMILES string of the molecule is COc1cc(CNCC2CCCCS2)cc(Cl)c1OC. The van der Waals surface area contributed by atoms with Gasteiger partial charge < -0.3 is 14.8 Å². The van der Waals surface area contributed by atoms with Crippen LogP contribution in [0.2, 0.25) is 5.02 Å². The maximum Gasteiger partial charge on any atom is 0.179 e. The molecule has 0 aliphatic carbocycles. The number of methoxy groups -OCH3 is 2. The Morgan fingerprint density at radius 3 is 2.80 bits per heavy atom. The molecule has 1 atom stereocenters. The van der Waals surface area contributed by atoms with Gasteiger partial charge in [-0.05, 0) is 36.3 Å². The fourth-order valence-electron chi connectivity index (χ4n) is 2.42. The van der Waals surface area contributed by atoms with Crippen LogP contribution in [0.1, 0.15) is 24.8 Å². The largest absolute Gasteiger partial charge is 0.493 e. The van der Waals surface area contributed by atoms with Crippen LogP contribution in [0.15, 0.2) is 12.1 Å². The van der Waals surface area contributed by atoms with Gasteiger partial charge in [0, 0.05) is 18.3 Å². The summed E-state index contributed by atoms with van der Waals surface area (Å²) in [5.74, 6) is 2.58. The molecular formula is C15H22ClNO2S. The molecule has 0 radical (unpaired) electrons. The van der Waals surface area contributed by atoms with Gasteiger partial charge in [-0.2, -0.15) is 11.8 Å². The van der Waals surface area contributed by atoms with Crippen molar-refractivity contribution in [2.24, 2.45) is 0 Å². The minimum atomic E-state index is 0.593. The zero-order chi connectivity index (χ0) is 14.4. The lowest BCUT2D eigenvalue weighted by Crippen LogP contribution is -2.26. The van der Waals surface area contributed by atoms with Crippen LogP contribution >= 0.6 is 23.4 Å². The summed E-state index contributed by atoms with van der Waals surface area (Å²) in [7, 11) is 3.23. The molecule has 0 bridgehead atoms. The third kappa shape index (κ3) is 4.21. The van der Waals surface area contributed by atoms with Crippen molar-refractivity contribution in [1.29, 1.82) is 0 Å². The standard InChI is InChI=1S/C15H22ClNO2S/c1-18-14-8-11(7-13(16)15(14)19-2)9-17-10-12-5-3-4-6-20-12/h7-8,12,17H,3-6,9-10H2,1-2H3. The van der Waals surface area contributed by atoms with Crippen LogP contribution in [0, 0.1) is 0 Å². The highest BCUT2D eigenvalue weighted by molar-refractivity contribution is 7.99. The van der Waals surface area contributed by atoms with Gasteiger partial charge in [-0.1, -0.05) is 18.0 Å². The molecule has 1 heterocycles. The molecule has 112 valence electrons. The molecular weight excluding hydrogens is 294 g/mol. The number of nitrogens with one attached hydrogen (secondary N) is 1. The third-order valence-electron chi connectivity index (χ3n) is 3.47. The number of hydrogen-bond donors (Lipinski definition) is 1. The first kappa shape index (κ1) is 15.8. The summed E-state index contributed by atoms with van der Waals surface area (Å²) in [5.41, 5.74) is 1.12. The molecule has 20 heavy (non-hydrogen) atoms. The predicted molar refractivity (Wildman–Crippen MR) is 86.4 cm³/mol. The van der Waals surface area contributed by atoms with E-state index >= 15 is 0 Å². The topological polar surface area (TPSA) is 30.5 Å². The van der Waals surface area contributed by atoms with Crippen LogP contribution < -0.4 is 14.8 Å². The Balaban J connectivity index is 1.90. The molecule has 1 fully saturated rings. The van der Waals surface area contributed by atoms with E-state index in [0.29, 0.717) is 16.5 Å². The van der Waals surface area contributed by atoms with Gasteiger partial charge in [-0.3, -0.25) is 0 Å². The van der Waals surface area contributed by atoms with Crippen LogP contribution in [-0.2, 0) is 6.54 Å². The molecule has 1 N–H and O–H groups in total. The van der Waals surface area contributed by atoms with Gasteiger partial charge >= 0.3 is 0 Å². The van der Waals surface area contributed by atoms with E-state index in [1.54, 1.807) is 14.2 Å². The zero-order valence-electron chi connectivity index (χ0n) is 12.1. The first-order valence-corrected chi connectivity index (χ1v) is 8.40. The summed E-state index contributed by atoms with van der Waals surface area (Å²) < 4.78 is 10.6. The van der Waals surface area contributed by atoms with E-state index in [2.05, 4.69) is 17.1 Å². The minimum Gasteiger partial charge on any atom is -0.493 e. The van der Waals surface area contributed by atoms with Crippen molar-refractivity contribution in [2.75, 3.05) is 26.5 Å². The van der Waals surface area contributed by atoms with Crippen molar-refractivity contribution in [2.45, 2.75) is 31.1 Å². The van der Waals surface area contributed by atoms with Gasteiger partial charge in [0.15, 0.2) is 11.5 Å². The van der Waals surface area contributed by atoms with Crippen molar-refractivity contribution in [3.63, 3.8) is 0 Å². The highest BCUT2D eigenvalue weighted by Gasteiger charge is 2.14. The molecule has 1 unspecified atom stereocenters. The molecule has 1 aliphatic heterocycles. The fourth-order valence-corrected chi connectivity index (χ4v) is 4.00. The molecule has 1 aromatic carbocycles. The van der Waals surface area contributed by atoms with Gasteiger partial charge in [-0.15, -0.1) is 0 Å². The maximum atomic E-state index is 6.20. The zero-order valence-corrected chi connectivity index (χ0v) is 13.6. The minimum absolute atomic E-state index is 0.593. The Hall–Kier alpha value is -0.580. The van der Waals surface area contributed by atoms with E-state index in [-0.39, 0.29) is 0 Å². The normalized spacial score (nSPS) is 18.9. The average molecular weight is 316 g/mol. The molecule has 0 spiro atoms. The van der Waals surface area contributed by atoms with Gasteiger partial charge in [0.1, 0.15) is 0 Å². The molecule has 1 aliphatic rings.